The van der Waals surface area contributed by atoms with Crippen molar-refractivity contribution in [3.8, 4) is 21.8 Å². The summed E-state index contributed by atoms with van der Waals surface area (Å²) >= 11 is 14.2. The minimum atomic E-state index is 0.374. The molecule has 0 unspecified atom stereocenters. The molecule has 0 atom stereocenters. The van der Waals surface area contributed by atoms with Gasteiger partial charge in [0.1, 0.15) is 10.3 Å². The molecular weight excluding hydrogens is 311 g/mol. The number of thiophene rings is 1. The van der Waals surface area contributed by atoms with E-state index in [0.717, 1.165) is 16.0 Å². The first kappa shape index (κ1) is 13.6. The van der Waals surface area contributed by atoms with Gasteiger partial charge >= 0.3 is 0 Å². The predicted molar refractivity (Wildman–Crippen MR) is 85.5 cm³/mol. The molecule has 0 amide bonds. The van der Waals surface area contributed by atoms with Gasteiger partial charge in [-0.15, -0.1) is 11.3 Å². The summed E-state index contributed by atoms with van der Waals surface area (Å²) in [5.74, 6) is 0.576. The van der Waals surface area contributed by atoms with Gasteiger partial charge in [-0.1, -0.05) is 53.5 Å². The van der Waals surface area contributed by atoms with Crippen LogP contribution in [0.25, 0.3) is 21.8 Å². The highest BCUT2D eigenvalue weighted by atomic mass is 35.5. The average Bonchev–Trinajstić information content (AvgIpc) is 2.85. The van der Waals surface area contributed by atoms with Crippen molar-refractivity contribution in [2.45, 2.75) is 6.92 Å². The van der Waals surface area contributed by atoms with Crippen LogP contribution in [-0.4, -0.2) is 9.97 Å². The summed E-state index contributed by atoms with van der Waals surface area (Å²) in [6.45, 7) is 2.02. The zero-order chi connectivity index (χ0) is 14.1. The summed E-state index contributed by atoms with van der Waals surface area (Å²) in [4.78, 5) is 9.78. The first-order valence-corrected chi connectivity index (χ1v) is 7.63. The summed E-state index contributed by atoms with van der Waals surface area (Å²) in [5.41, 5.74) is 2.71. The van der Waals surface area contributed by atoms with Gasteiger partial charge in [-0.2, -0.15) is 0 Å². The third-order valence-corrected chi connectivity index (χ3v) is 4.51. The van der Waals surface area contributed by atoms with Crippen LogP contribution in [0.3, 0.4) is 0 Å². The molecule has 0 fully saturated rings. The highest BCUT2D eigenvalue weighted by Gasteiger charge is 2.16. The second-order valence-electron chi connectivity index (χ2n) is 4.30. The van der Waals surface area contributed by atoms with Crippen LogP contribution in [-0.2, 0) is 0 Å². The van der Waals surface area contributed by atoms with E-state index < -0.39 is 0 Å². The number of halogens is 2. The summed E-state index contributed by atoms with van der Waals surface area (Å²) in [6.07, 6.45) is 0. The number of aromatic nitrogens is 2. The molecule has 2 heterocycles. The number of rotatable bonds is 2. The smallest absolute Gasteiger partial charge is 0.172 e. The third-order valence-electron chi connectivity index (χ3n) is 2.95. The van der Waals surface area contributed by atoms with Crippen molar-refractivity contribution in [2.75, 3.05) is 0 Å². The molecule has 0 aliphatic heterocycles. The Morgan fingerprint density at radius 1 is 0.950 bits per heavy atom. The van der Waals surface area contributed by atoms with Gasteiger partial charge < -0.3 is 0 Å². The van der Waals surface area contributed by atoms with Gasteiger partial charge in [-0.25, -0.2) is 9.97 Å². The molecule has 2 nitrogen and oxygen atoms in total. The number of benzene rings is 1. The molecule has 0 bridgehead atoms. The summed E-state index contributed by atoms with van der Waals surface area (Å²) < 4.78 is 0. The number of hydrogen-bond acceptors (Lipinski definition) is 3. The molecule has 0 aliphatic carbocycles. The highest BCUT2D eigenvalue weighted by molar-refractivity contribution is 7.13. The topological polar surface area (TPSA) is 25.8 Å². The number of nitrogens with zero attached hydrogens (tertiary/aromatic N) is 2. The van der Waals surface area contributed by atoms with Crippen molar-refractivity contribution in [1.82, 2.24) is 9.97 Å². The lowest BCUT2D eigenvalue weighted by Gasteiger charge is -2.08. The number of hydrogen-bond donors (Lipinski definition) is 0. The van der Waals surface area contributed by atoms with Gasteiger partial charge in [0, 0.05) is 0 Å². The average molecular weight is 321 g/mol. The second kappa shape index (κ2) is 5.52. The number of aryl methyl sites for hydroxylation is 1. The zero-order valence-electron chi connectivity index (χ0n) is 10.6. The van der Waals surface area contributed by atoms with E-state index >= 15 is 0 Å². The Morgan fingerprint density at radius 2 is 1.60 bits per heavy atom. The van der Waals surface area contributed by atoms with Crippen LogP contribution in [0.15, 0.2) is 41.8 Å². The minimum absolute atomic E-state index is 0.374. The van der Waals surface area contributed by atoms with Crippen LogP contribution in [0, 0.1) is 6.92 Å². The van der Waals surface area contributed by atoms with Crippen molar-refractivity contribution >= 4 is 34.5 Å². The lowest BCUT2D eigenvalue weighted by Crippen LogP contribution is -1.94. The first-order chi connectivity index (χ1) is 9.66. The van der Waals surface area contributed by atoms with Gasteiger partial charge in [0.15, 0.2) is 5.82 Å². The van der Waals surface area contributed by atoms with Gasteiger partial charge in [0.05, 0.1) is 10.4 Å². The van der Waals surface area contributed by atoms with Gasteiger partial charge in [-0.3, -0.25) is 0 Å². The third kappa shape index (κ3) is 2.44. The first-order valence-electron chi connectivity index (χ1n) is 5.99. The van der Waals surface area contributed by atoms with Crippen molar-refractivity contribution in [3.63, 3.8) is 0 Å². The van der Waals surface area contributed by atoms with Gasteiger partial charge in [0.25, 0.3) is 0 Å². The molecule has 3 aromatic rings. The van der Waals surface area contributed by atoms with E-state index in [-0.39, 0.29) is 0 Å². The van der Waals surface area contributed by atoms with E-state index in [9.17, 15) is 0 Å². The molecule has 0 saturated heterocycles. The van der Waals surface area contributed by atoms with Crippen molar-refractivity contribution in [3.05, 3.63) is 57.6 Å². The molecule has 5 heteroatoms. The van der Waals surface area contributed by atoms with E-state index in [1.54, 1.807) is 11.3 Å². The Morgan fingerprint density at radius 3 is 2.15 bits per heavy atom. The van der Waals surface area contributed by atoms with Crippen molar-refractivity contribution < 1.29 is 0 Å². The van der Waals surface area contributed by atoms with E-state index in [1.807, 2.05) is 48.7 Å². The maximum absolute atomic E-state index is 6.31. The lowest BCUT2D eigenvalue weighted by molar-refractivity contribution is 1.18. The Kier molecular flexibility index (Phi) is 3.74. The molecular formula is C15H10Cl2N2S. The standard InChI is InChI=1S/C15H10Cl2N2S/c1-9-7-8-20-12(9)15-18-13(16)11(14(17)19-15)10-5-3-2-4-6-10/h2-8H,1H3. The van der Waals surface area contributed by atoms with E-state index in [0.29, 0.717) is 21.7 Å². The zero-order valence-corrected chi connectivity index (χ0v) is 12.9. The summed E-state index contributed by atoms with van der Waals surface area (Å²) in [7, 11) is 0. The molecule has 1 aromatic carbocycles. The lowest BCUT2D eigenvalue weighted by atomic mass is 10.1. The Labute approximate surface area is 131 Å². The monoisotopic (exact) mass is 320 g/mol. The fraction of sp³-hybridized carbons (Fsp3) is 0.0667. The fourth-order valence-electron chi connectivity index (χ4n) is 1.95. The van der Waals surface area contributed by atoms with Crippen LogP contribution in [0.1, 0.15) is 5.56 Å². The van der Waals surface area contributed by atoms with Crippen LogP contribution in [0.4, 0.5) is 0 Å². The summed E-state index contributed by atoms with van der Waals surface area (Å²) in [5, 5.41) is 2.75. The van der Waals surface area contributed by atoms with Crippen LogP contribution in [0.2, 0.25) is 10.3 Å². The molecule has 0 N–H and O–H groups in total. The molecule has 0 saturated carbocycles. The predicted octanol–water partition coefficient (Wildman–Crippen LogP) is 5.49. The molecule has 2 aromatic heterocycles. The minimum Gasteiger partial charge on any atom is -0.215 e. The van der Waals surface area contributed by atoms with Crippen molar-refractivity contribution in [1.29, 1.82) is 0 Å². The van der Waals surface area contributed by atoms with Gasteiger partial charge in [0.2, 0.25) is 0 Å². The summed E-state index contributed by atoms with van der Waals surface area (Å²) in [6, 6.07) is 11.7. The second-order valence-corrected chi connectivity index (χ2v) is 5.93. The maximum atomic E-state index is 6.31. The Balaban J connectivity index is 2.15. The molecule has 0 spiro atoms. The molecule has 3 rings (SSSR count). The fourth-order valence-corrected chi connectivity index (χ4v) is 3.42. The van der Waals surface area contributed by atoms with Crippen molar-refractivity contribution in [2.24, 2.45) is 0 Å². The van der Waals surface area contributed by atoms with Crippen LogP contribution in [0.5, 0.6) is 0 Å². The van der Waals surface area contributed by atoms with Crippen LogP contribution >= 0.6 is 34.5 Å². The Bertz CT molecular complexity index is 731. The van der Waals surface area contributed by atoms with Gasteiger partial charge in [-0.05, 0) is 29.5 Å². The molecule has 20 heavy (non-hydrogen) atoms. The maximum Gasteiger partial charge on any atom is 0.172 e. The highest BCUT2D eigenvalue weighted by Crippen LogP contribution is 2.35. The van der Waals surface area contributed by atoms with E-state index in [4.69, 9.17) is 23.2 Å². The van der Waals surface area contributed by atoms with E-state index in [2.05, 4.69) is 9.97 Å². The molecule has 100 valence electrons. The SMILES string of the molecule is Cc1ccsc1-c1nc(Cl)c(-c2ccccc2)c(Cl)n1. The van der Waals surface area contributed by atoms with Crippen LogP contribution < -0.4 is 0 Å². The largest absolute Gasteiger partial charge is 0.215 e. The molecule has 0 aliphatic rings. The Hall–Kier alpha value is -1.42. The molecule has 0 radical (unpaired) electrons. The quantitative estimate of drug-likeness (QED) is 0.583. The van der Waals surface area contributed by atoms with E-state index in [1.165, 1.54) is 0 Å². The normalized spacial score (nSPS) is 10.8.